The Hall–Kier alpha value is -1.39. The number of likely N-dealkylation sites (tertiary alicyclic amines) is 1. The van der Waals surface area contributed by atoms with Gasteiger partial charge in [-0.25, -0.2) is 0 Å². The van der Waals surface area contributed by atoms with Gasteiger partial charge in [-0.1, -0.05) is 18.2 Å². The van der Waals surface area contributed by atoms with Gasteiger partial charge in [0.25, 0.3) is 5.91 Å². The van der Waals surface area contributed by atoms with Crippen molar-refractivity contribution in [2.75, 3.05) is 13.1 Å². The van der Waals surface area contributed by atoms with E-state index in [9.17, 15) is 4.79 Å². The molecule has 0 bridgehead atoms. The first kappa shape index (κ1) is 11.1. The van der Waals surface area contributed by atoms with Crippen LogP contribution in [0.2, 0.25) is 0 Å². The maximum atomic E-state index is 12.1. The summed E-state index contributed by atoms with van der Waals surface area (Å²) in [5, 5.41) is 0. The number of rotatable bonds is 1. The van der Waals surface area contributed by atoms with Crippen LogP contribution in [0, 0.1) is 0 Å². The van der Waals surface area contributed by atoms with Gasteiger partial charge < -0.3 is 16.4 Å². The number of carbonyl (C=O) groups is 1. The molecule has 4 nitrogen and oxygen atoms in total. The van der Waals surface area contributed by atoms with E-state index in [0.717, 1.165) is 6.42 Å². The summed E-state index contributed by atoms with van der Waals surface area (Å²) in [6.45, 7) is 1.25. The Morgan fingerprint density at radius 2 is 1.88 bits per heavy atom. The van der Waals surface area contributed by atoms with Gasteiger partial charge in [0, 0.05) is 30.7 Å². The Balaban J connectivity index is 2.06. The monoisotopic (exact) mass is 219 g/mol. The molecular formula is C12H17N3O. The lowest BCUT2D eigenvalue weighted by atomic mass is 10.0. The number of hydrogen-bond donors (Lipinski definition) is 2. The molecule has 1 aromatic rings. The number of amides is 1. The van der Waals surface area contributed by atoms with Gasteiger partial charge >= 0.3 is 0 Å². The van der Waals surface area contributed by atoms with Gasteiger partial charge in [-0.3, -0.25) is 4.79 Å². The van der Waals surface area contributed by atoms with E-state index in [0.29, 0.717) is 18.7 Å². The number of benzene rings is 1. The Kier molecular flexibility index (Phi) is 3.22. The van der Waals surface area contributed by atoms with Crippen molar-refractivity contribution < 1.29 is 4.79 Å². The van der Waals surface area contributed by atoms with E-state index in [1.165, 1.54) is 0 Å². The number of carbonyl (C=O) groups excluding carboxylic acids is 1. The lowest BCUT2D eigenvalue weighted by molar-refractivity contribution is 0.0696. The summed E-state index contributed by atoms with van der Waals surface area (Å²) in [6, 6.07) is 9.17. The van der Waals surface area contributed by atoms with Crippen LogP contribution in [0.25, 0.3) is 0 Å². The average molecular weight is 219 g/mol. The van der Waals surface area contributed by atoms with Crippen LogP contribution in [0.15, 0.2) is 30.3 Å². The zero-order valence-electron chi connectivity index (χ0n) is 9.17. The minimum atomic E-state index is -0.110. The second kappa shape index (κ2) is 4.63. The van der Waals surface area contributed by atoms with Crippen molar-refractivity contribution in [2.45, 2.75) is 18.5 Å². The molecule has 1 heterocycles. The van der Waals surface area contributed by atoms with Crippen molar-refractivity contribution in [3.63, 3.8) is 0 Å². The van der Waals surface area contributed by atoms with E-state index in [4.69, 9.17) is 11.5 Å². The third-order valence-electron chi connectivity index (χ3n) is 3.02. The molecule has 0 saturated carbocycles. The second-order valence-corrected chi connectivity index (χ2v) is 4.23. The van der Waals surface area contributed by atoms with Gasteiger partial charge in [0.1, 0.15) is 0 Å². The minimum Gasteiger partial charge on any atom is -0.337 e. The zero-order valence-corrected chi connectivity index (χ0v) is 9.17. The van der Waals surface area contributed by atoms with Crippen LogP contribution in [0.1, 0.15) is 16.8 Å². The van der Waals surface area contributed by atoms with E-state index in [2.05, 4.69) is 0 Å². The highest BCUT2D eigenvalue weighted by Crippen LogP contribution is 2.12. The summed E-state index contributed by atoms with van der Waals surface area (Å²) in [7, 11) is 0. The number of nitrogens with zero attached hydrogens (tertiary/aromatic N) is 1. The quantitative estimate of drug-likeness (QED) is 0.708. The molecule has 1 aliphatic heterocycles. The molecule has 1 fully saturated rings. The highest BCUT2D eigenvalue weighted by molar-refractivity contribution is 5.94. The second-order valence-electron chi connectivity index (χ2n) is 4.23. The summed E-state index contributed by atoms with van der Waals surface area (Å²) < 4.78 is 0. The van der Waals surface area contributed by atoms with Crippen LogP contribution >= 0.6 is 0 Å². The first-order valence-corrected chi connectivity index (χ1v) is 5.54. The number of hydrogen-bond acceptors (Lipinski definition) is 3. The summed E-state index contributed by atoms with van der Waals surface area (Å²) in [5.74, 6) is 0.0444. The first-order chi connectivity index (χ1) is 7.68. The van der Waals surface area contributed by atoms with Gasteiger partial charge in [0.2, 0.25) is 0 Å². The summed E-state index contributed by atoms with van der Waals surface area (Å²) in [6.07, 6.45) is 0.778. The molecule has 16 heavy (non-hydrogen) atoms. The lowest BCUT2D eigenvalue weighted by Crippen LogP contribution is -2.56. The fraction of sp³-hybridized carbons (Fsp3) is 0.417. The molecule has 1 amide bonds. The van der Waals surface area contributed by atoms with Crippen molar-refractivity contribution in [3.05, 3.63) is 35.9 Å². The highest BCUT2D eigenvalue weighted by atomic mass is 16.2. The molecule has 2 rings (SSSR count). The molecule has 0 spiro atoms. The van der Waals surface area contributed by atoms with Crippen LogP contribution in [0.4, 0.5) is 0 Å². The topological polar surface area (TPSA) is 72.3 Å². The van der Waals surface area contributed by atoms with Crippen LogP contribution in [-0.4, -0.2) is 36.0 Å². The van der Waals surface area contributed by atoms with Gasteiger partial charge in [0.05, 0.1) is 0 Å². The molecule has 0 unspecified atom stereocenters. The molecule has 4 N–H and O–H groups in total. The molecule has 0 aliphatic carbocycles. The fourth-order valence-corrected chi connectivity index (χ4v) is 1.95. The van der Waals surface area contributed by atoms with Crippen molar-refractivity contribution in [1.82, 2.24) is 4.90 Å². The summed E-state index contributed by atoms with van der Waals surface area (Å²) in [4.78, 5) is 13.9. The number of piperidine rings is 1. The Morgan fingerprint density at radius 1 is 1.19 bits per heavy atom. The SMILES string of the molecule is N[C@H]1CCN(C(=O)c2ccccc2)C[C@@H]1N. The van der Waals surface area contributed by atoms with E-state index in [1.807, 2.05) is 30.3 Å². The molecule has 1 aromatic carbocycles. The van der Waals surface area contributed by atoms with Crippen LogP contribution in [-0.2, 0) is 0 Å². The lowest BCUT2D eigenvalue weighted by Gasteiger charge is -2.34. The van der Waals surface area contributed by atoms with Crippen LogP contribution in [0.5, 0.6) is 0 Å². The van der Waals surface area contributed by atoms with Gasteiger partial charge in [-0.2, -0.15) is 0 Å². The third-order valence-corrected chi connectivity index (χ3v) is 3.02. The molecule has 1 aliphatic rings. The Bertz CT molecular complexity index is 366. The highest BCUT2D eigenvalue weighted by Gasteiger charge is 2.26. The predicted molar refractivity (Wildman–Crippen MR) is 62.9 cm³/mol. The zero-order chi connectivity index (χ0) is 11.5. The van der Waals surface area contributed by atoms with Gasteiger partial charge in [-0.15, -0.1) is 0 Å². The van der Waals surface area contributed by atoms with Crippen LogP contribution < -0.4 is 11.5 Å². The molecule has 1 saturated heterocycles. The van der Waals surface area contributed by atoms with E-state index < -0.39 is 0 Å². The van der Waals surface area contributed by atoms with Crippen molar-refractivity contribution >= 4 is 5.91 Å². The number of nitrogens with two attached hydrogens (primary N) is 2. The van der Waals surface area contributed by atoms with Crippen molar-refractivity contribution in [1.29, 1.82) is 0 Å². The average Bonchev–Trinajstić information content (AvgIpc) is 2.33. The van der Waals surface area contributed by atoms with E-state index in [-0.39, 0.29) is 18.0 Å². The molecule has 0 radical (unpaired) electrons. The summed E-state index contributed by atoms with van der Waals surface area (Å²) in [5.41, 5.74) is 12.4. The smallest absolute Gasteiger partial charge is 0.253 e. The normalized spacial score (nSPS) is 25.5. The molecular weight excluding hydrogens is 202 g/mol. The Labute approximate surface area is 95.2 Å². The largest absolute Gasteiger partial charge is 0.337 e. The van der Waals surface area contributed by atoms with Crippen molar-refractivity contribution in [3.8, 4) is 0 Å². The molecule has 0 aromatic heterocycles. The minimum absolute atomic E-state index is 0.0137. The third kappa shape index (κ3) is 2.23. The summed E-state index contributed by atoms with van der Waals surface area (Å²) >= 11 is 0. The first-order valence-electron chi connectivity index (χ1n) is 5.54. The van der Waals surface area contributed by atoms with Gasteiger partial charge in [0.15, 0.2) is 0 Å². The molecule has 4 heteroatoms. The maximum absolute atomic E-state index is 12.1. The van der Waals surface area contributed by atoms with E-state index in [1.54, 1.807) is 4.90 Å². The maximum Gasteiger partial charge on any atom is 0.253 e. The van der Waals surface area contributed by atoms with Crippen molar-refractivity contribution in [2.24, 2.45) is 11.5 Å². The van der Waals surface area contributed by atoms with Crippen LogP contribution in [0.3, 0.4) is 0 Å². The predicted octanol–water partition coefficient (Wildman–Crippen LogP) is 0.187. The molecule has 86 valence electrons. The fourth-order valence-electron chi connectivity index (χ4n) is 1.95. The van der Waals surface area contributed by atoms with Gasteiger partial charge in [-0.05, 0) is 18.6 Å². The standard InChI is InChI=1S/C12H17N3O/c13-10-6-7-15(8-11(10)14)12(16)9-4-2-1-3-5-9/h1-5,10-11H,6-8,13-14H2/t10-,11-/m0/s1. The van der Waals surface area contributed by atoms with E-state index >= 15 is 0 Å². The Morgan fingerprint density at radius 3 is 2.50 bits per heavy atom. The molecule has 2 atom stereocenters.